The first-order chi connectivity index (χ1) is 8.20. The molecule has 0 fully saturated rings. The van der Waals surface area contributed by atoms with E-state index >= 15 is 0 Å². The molecule has 2 aromatic rings. The standard InChI is InChI=1S/C12H14ClN3O/c1-2-10(14)12-16-15-11(17-12)7-8-5-3-4-6-9(8)13/h3-6,10H,2,7,14H2,1H3. The highest BCUT2D eigenvalue weighted by Gasteiger charge is 2.13. The molecule has 0 spiro atoms. The molecule has 4 nitrogen and oxygen atoms in total. The molecule has 0 radical (unpaired) electrons. The number of hydrogen-bond acceptors (Lipinski definition) is 4. The number of nitrogens with zero attached hydrogens (tertiary/aromatic N) is 2. The first-order valence-corrected chi connectivity index (χ1v) is 5.89. The molecule has 0 amide bonds. The second kappa shape index (κ2) is 5.29. The fourth-order valence-electron chi connectivity index (χ4n) is 1.47. The number of benzene rings is 1. The highest BCUT2D eigenvalue weighted by Crippen LogP contribution is 2.19. The van der Waals surface area contributed by atoms with Crippen LogP contribution in [0.1, 0.15) is 36.7 Å². The number of hydrogen-bond donors (Lipinski definition) is 1. The van der Waals surface area contributed by atoms with Gasteiger partial charge in [-0.15, -0.1) is 10.2 Å². The summed E-state index contributed by atoms with van der Waals surface area (Å²) in [5.41, 5.74) is 6.78. The normalized spacial score (nSPS) is 12.6. The molecule has 1 atom stereocenters. The van der Waals surface area contributed by atoms with E-state index in [9.17, 15) is 0 Å². The maximum absolute atomic E-state index is 6.06. The Kier molecular flexibility index (Phi) is 3.76. The average molecular weight is 252 g/mol. The first-order valence-electron chi connectivity index (χ1n) is 5.52. The maximum Gasteiger partial charge on any atom is 0.233 e. The molecule has 90 valence electrons. The number of halogens is 1. The van der Waals surface area contributed by atoms with Gasteiger partial charge in [-0.05, 0) is 18.1 Å². The van der Waals surface area contributed by atoms with E-state index < -0.39 is 0 Å². The van der Waals surface area contributed by atoms with Crippen LogP contribution in [0.25, 0.3) is 0 Å². The van der Waals surface area contributed by atoms with Crippen molar-refractivity contribution < 1.29 is 4.42 Å². The van der Waals surface area contributed by atoms with Crippen LogP contribution in [-0.2, 0) is 6.42 Å². The van der Waals surface area contributed by atoms with Crippen LogP contribution in [0, 0.1) is 0 Å². The minimum Gasteiger partial charge on any atom is -0.423 e. The second-order valence-electron chi connectivity index (χ2n) is 3.82. The topological polar surface area (TPSA) is 64.9 Å². The summed E-state index contributed by atoms with van der Waals surface area (Å²) in [6.45, 7) is 1.97. The summed E-state index contributed by atoms with van der Waals surface area (Å²) in [6.07, 6.45) is 1.30. The Bertz CT molecular complexity index is 498. The summed E-state index contributed by atoms with van der Waals surface area (Å²) in [5.74, 6) is 1.02. The molecule has 0 aliphatic rings. The van der Waals surface area contributed by atoms with Gasteiger partial charge in [-0.3, -0.25) is 0 Å². The molecule has 0 saturated heterocycles. The van der Waals surface area contributed by atoms with Gasteiger partial charge >= 0.3 is 0 Å². The third kappa shape index (κ3) is 2.84. The van der Waals surface area contributed by atoms with Gasteiger partial charge in [0, 0.05) is 5.02 Å². The average Bonchev–Trinajstić information content (AvgIpc) is 2.80. The first kappa shape index (κ1) is 12.1. The molecule has 0 aliphatic carbocycles. The van der Waals surface area contributed by atoms with Gasteiger partial charge in [0.05, 0.1) is 12.5 Å². The highest BCUT2D eigenvalue weighted by atomic mass is 35.5. The van der Waals surface area contributed by atoms with Crippen LogP contribution in [-0.4, -0.2) is 10.2 Å². The Hall–Kier alpha value is -1.39. The molecule has 1 heterocycles. The van der Waals surface area contributed by atoms with Crippen molar-refractivity contribution in [3.63, 3.8) is 0 Å². The van der Waals surface area contributed by atoms with E-state index in [0.717, 1.165) is 12.0 Å². The zero-order valence-corrected chi connectivity index (χ0v) is 10.3. The van der Waals surface area contributed by atoms with Crippen molar-refractivity contribution >= 4 is 11.6 Å². The monoisotopic (exact) mass is 251 g/mol. The van der Waals surface area contributed by atoms with Gasteiger partial charge in [0.2, 0.25) is 11.8 Å². The minimum absolute atomic E-state index is 0.192. The Labute approximate surface area is 105 Å². The zero-order chi connectivity index (χ0) is 12.3. The van der Waals surface area contributed by atoms with Crippen LogP contribution in [0.3, 0.4) is 0 Å². The summed E-state index contributed by atoms with van der Waals surface area (Å²) < 4.78 is 5.49. The molecule has 5 heteroatoms. The van der Waals surface area contributed by atoms with Crippen LogP contribution in [0.5, 0.6) is 0 Å². The van der Waals surface area contributed by atoms with Crippen LogP contribution in [0.2, 0.25) is 5.02 Å². The van der Waals surface area contributed by atoms with E-state index in [1.54, 1.807) is 0 Å². The van der Waals surface area contributed by atoms with Gasteiger partial charge in [-0.25, -0.2) is 0 Å². The Balaban J connectivity index is 2.14. The van der Waals surface area contributed by atoms with Gasteiger partial charge in [0.15, 0.2) is 0 Å². The highest BCUT2D eigenvalue weighted by molar-refractivity contribution is 6.31. The lowest BCUT2D eigenvalue weighted by atomic mass is 10.1. The Morgan fingerprint density at radius 1 is 1.35 bits per heavy atom. The lowest BCUT2D eigenvalue weighted by Crippen LogP contribution is -2.08. The van der Waals surface area contributed by atoms with E-state index in [4.69, 9.17) is 21.8 Å². The van der Waals surface area contributed by atoms with E-state index in [2.05, 4.69) is 10.2 Å². The molecular formula is C12H14ClN3O. The Morgan fingerprint density at radius 2 is 2.12 bits per heavy atom. The fraction of sp³-hybridized carbons (Fsp3) is 0.333. The quantitative estimate of drug-likeness (QED) is 0.907. The summed E-state index contributed by atoms with van der Waals surface area (Å²) in [4.78, 5) is 0. The molecule has 0 aliphatic heterocycles. The van der Waals surface area contributed by atoms with Crippen molar-refractivity contribution in [1.29, 1.82) is 0 Å². The van der Waals surface area contributed by atoms with Crippen LogP contribution < -0.4 is 5.73 Å². The summed E-state index contributed by atoms with van der Waals surface area (Å²) in [7, 11) is 0. The van der Waals surface area contributed by atoms with Crippen molar-refractivity contribution in [3.05, 3.63) is 46.6 Å². The predicted octanol–water partition coefficient (Wildman–Crippen LogP) is 2.72. The number of aromatic nitrogens is 2. The smallest absolute Gasteiger partial charge is 0.233 e. The molecule has 2 rings (SSSR count). The van der Waals surface area contributed by atoms with Gasteiger partial charge in [-0.2, -0.15) is 0 Å². The second-order valence-corrected chi connectivity index (χ2v) is 4.22. The molecule has 0 saturated carbocycles. The van der Waals surface area contributed by atoms with Crippen molar-refractivity contribution in [2.45, 2.75) is 25.8 Å². The van der Waals surface area contributed by atoms with E-state index in [-0.39, 0.29) is 6.04 Å². The van der Waals surface area contributed by atoms with Gasteiger partial charge in [0.25, 0.3) is 0 Å². The fourth-order valence-corrected chi connectivity index (χ4v) is 1.67. The lowest BCUT2D eigenvalue weighted by molar-refractivity contribution is 0.418. The van der Waals surface area contributed by atoms with Crippen LogP contribution >= 0.6 is 11.6 Å². The molecule has 1 aromatic carbocycles. The summed E-state index contributed by atoms with van der Waals surface area (Å²) >= 11 is 6.06. The third-order valence-electron chi connectivity index (χ3n) is 2.54. The number of nitrogens with two attached hydrogens (primary N) is 1. The van der Waals surface area contributed by atoms with Crippen molar-refractivity contribution in [2.75, 3.05) is 0 Å². The summed E-state index contributed by atoms with van der Waals surface area (Å²) in [5, 5.41) is 8.60. The number of rotatable bonds is 4. The Morgan fingerprint density at radius 3 is 2.82 bits per heavy atom. The van der Waals surface area contributed by atoms with Crippen molar-refractivity contribution in [3.8, 4) is 0 Å². The minimum atomic E-state index is -0.192. The van der Waals surface area contributed by atoms with Crippen LogP contribution in [0.15, 0.2) is 28.7 Å². The van der Waals surface area contributed by atoms with Gasteiger partial charge in [0.1, 0.15) is 0 Å². The third-order valence-corrected chi connectivity index (χ3v) is 2.91. The summed E-state index contributed by atoms with van der Waals surface area (Å²) in [6, 6.07) is 7.40. The molecular weight excluding hydrogens is 238 g/mol. The van der Waals surface area contributed by atoms with E-state index in [1.807, 2.05) is 31.2 Å². The SMILES string of the molecule is CCC(N)c1nnc(Cc2ccccc2Cl)o1. The molecule has 2 N–H and O–H groups in total. The van der Waals surface area contributed by atoms with Crippen LogP contribution in [0.4, 0.5) is 0 Å². The van der Waals surface area contributed by atoms with Crippen molar-refractivity contribution in [1.82, 2.24) is 10.2 Å². The zero-order valence-electron chi connectivity index (χ0n) is 9.56. The van der Waals surface area contributed by atoms with E-state index in [0.29, 0.717) is 23.2 Å². The maximum atomic E-state index is 6.06. The lowest BCUT2D eigenvalue weighted by Gasteiger charge is -2.01. The molecule has 1 unspecified atom stereocenters. The van der Waals surface area contributed by atoms with Gasteiger partial charge in [-0.1, -0.05) is 36.7 Å². The predicted molar refractivity (Wildman–Crippen MR) is 65.8 cm³/mol. The van der Waals surface area contributed by atoms with Crippen molar-refractivity contribution in [2.24, 2.45) is 5.73 Å². The molecule has 1 aromatic heterocycles. The molecule has 0 bridgehead atoms. The largest absolute Gasteiger partial charge is 0.423 e. The van der Waals surface area contributed by atoms with Gasteiger partial charge < -0.3 is 10.2 Å². The van der Waals surface area contributed by atoms with E-state index in [1.165, 1.54) is 0 Å². The molecule has 17 heavy (non-hydrogen) atoms.